The zero-order valence-electron chi connectivity index (χ0n) is 9.52. The lowest BCUT2D eigenvalue weighted by atomic mass is 10.2. The number of hydrogen-bond acceptors (Lipinski definition) is 4. The number of pyridine rings is 1. The second-order valence-corrected chi connectivity index (χ2v) is 4.63. The normalized spacial score (nSPS) is 10.2. The Balaban J connectivity index is 2.43. The van der Waals surface area contributed by atoms with E-state index in [0.717, 1.165) is 0 Å². The monoisotopic (exact) mass is 325 g/mol. The number of halogens is 2. The molecule has 0 unspecified atom stereocenters. The van der Waals surface area contributed by atoms with E-state index in [1.165, 1.54) is 30.5 Å². The van der Waals surface area contributed by atoms with Gasteiger partial charge in [-0.3, -0.25) is 0 Å². The summed E-state index contributed by atoms with van der Waals surface area (Å²) < 4.78 is 14.2. The fourth-order valence-electron chi connectivity index (χ4n) is 1.46. The molecule has 0 spiro atoms. The van der Waals surface area contributed by atoms with E-state index in [4.69, 9.17) is 10.8 Å². The van der Waals surface area contributed by atoms with Gasteiger partial charge in [0.2, 0.25) is 0 Å². The standard InChI is InChI=1S/C12H9BrFN3O2/c13-6-1-2-9(14)10(3-6)17-11-8(12(18)19)4-7(15)5-16-11/h1-5H,15H2,(H,16,17)(H,18,19). The van der Waals surface area contributed by atoms with Gasteiger partial charge in [-0.2, -0.15) is 0 Å². The maximum Gasteiger partial charge on any atom is 0.339 e. The van der Waals surface area contributed by atoms with Crippen molar-refractivity contribution in [3.63, 3.8) is 0 Å². The molecule has 98 valence electrons. The van der Waals surface area contributed by atoms with Crippen LogP contribution in [0.5, 0.6) is 0 Å². The summed E-state index contributed by atoms with van der Waals surface area (Å²) in [4.78, 5) is 14.9. The second kappa shape index (κ2) is 5.23. The number of carboxylic acid groups (broad SMARTS) is 1. The minimum Gasteiger partial charge on any atom is -0.478 e. The predicted octanol–water partition coefficient (Wildman–Crippen LogP) is 3.01. The number of hydrogen-bond donors (Lipinski definition) is 3. The van der Waals surface area contributed by atoms with Crippen LogP contribution in [0.15, 0.2) is 34.9 Å². The highest BCUT2D eigenvalue weighted by molar-refractivity contribution is 9.10. The lowest BCUT2D eigenvalue weighted by Gasteiger charge is -2.10. The zero-order chi connectivity index (χ0) is 14.0. The van der Waals surface area contributed by atoms with Crippen LogP contribution in [0.2, 0.25) is 0 Å². The Morgan fingerprint density at radius 2 is 2.16 bits per heavy atom. The number of nitrogens with one attached hydrogen (secondary N) is 1. The molecule has 0 aliphatic carbocycles. The number of anilines is 3. The van der Waals surface area contributed by atoms with E-state index >= 15 is 0 Å². The third kappa shape index (κ3) is 3.00. The molecular weight excluding hydrogens is 317 g/mol. The zero-order valence-corrected chi connectivity index (χ0v) is 11.1. The Morgan fingerprint density at radius 3 is 2.84 bits per heavy atom. The average molecular weight is 326 g/mol. The molecule has 0 bridgehead atoms. The van der Waals surface area contributed by atoms with Gasteiger partial charge in [0.1, 0.15) is 17.2 Å². The first-order valence-corrected chi connectivity index (χ1v) is 5.97. The Hall–Kier alpha value is -2.15. The Kier molecular flexibility index (Phi) is 3.66. The van der Waals surface area contributed by atoms with Crippen molar-refractivity contribution in [2.45, 2.75) is 0 Å². The van der Waals surface area contributed by atoms with E-state index in [-0.39, 0.29) is 22.8 Å². The summed E-state index contributed by atoms with van der Waals surface area (Å²) in [6.45, 7) is 0. The number of nitrogens with two attached hydrogens (primary N) is 1. The van der Waals surface area contributed by atoms with Crippen molar-refractivity contribution in [2.75, 3.05) is 11.1 Å². The maximum absolute atomic E-state index is 13.6. The van der Waals surface area contributed by atoms with E-state index < -0.39 is 11.8 Å². The van der Waals surface area contributed by atoms with E-state index in [0.29, 0.717) is 4.47 Å². The molecule has 2 aromatic rings. The molecule has 7 heteroatoms. The molecular formula is C12H9BrFN3O2. The summed E-state index contributed by atoms with van der Waals surface area (Å²) in [5.41, 5.74) is 5.69. The minimum absolute atomic E-state index is 0.0266. The molecule has 1 heterocycles. The first-order valence-electron chi connectivity index (χ1n) is 5.18. The van der Waals surface area contributed by atoms with Crippen LogP contribution in [0.25, 0.3) is 0 Å². The molecule has 0 amide bonds. The van der Waals surface area contributed by atoms with Crippen LogP contribution < -0.4 is 11.1 Å². The van der Waals surface area contributed by atoms with Crippen molar-refractivity contribution in [3.05, 3.63) is 46.3 Å². The summed E-state index contributed by atoms with van der Waals surface area (Å²) in [7, 11) is 0. The van der Waals surface area contributed by atoms with Crippen molar-refractivity contribution in [1.29, 1.82) is 0 Å². The third-order valence-corrected chi connectivity index (χ3v) is 2.81. The summed E-state index contributed by atoms with van der Waals surface area (Å²) >= 11 is 3.21. The predicted molar refractivity (Wildman–Crippen MR) is 73.0 cm³/mol. The van der Waals surface area contributed by atoms with Crippen LogP contribution in [0.4, 0.5) is 21.6 Å². The first kappa shape index (κ1) is 13.3. The van der Waals surface area contributed by atoms with Gasteiger partial charge < -0.3 is 16.2 Å². The van der Waals surface area contributed by atoms with Crippen molar-refractivity contribution < 1.29 is 14.3 Å². The van der Waals surface area contributed by atoms with Crippen LogP contribution in [0.3, 0.4) is 0 Å². The molecule has 0 aliphatic heterocycles. The first-order chi connectivity index (χ1) is 8.97. The van der Waals surface area contributed by atoms with Crippen molar-refractivity contribution in [3.8, 4) is 0 Å². The lowest BCUT2D eigenvalue weighted by Crippen LogP contribution is -2.06. The number of benzene rings is 1. The van der Waals surface area contributed by atoms with Gasteiger partial charge in [0, 0.05) is 4.47 Å². The summed E-state index contributed by atoms with van der Waals surface area (Å²) in [6, 6.07) is 5.53. The summed E-state index contributed by atoms with van der Waals surface area (Å²) in [5.74, 6) is -1.69. The average Bonchev–Trinajstić information content (AvgIpc) is 2.35. The van der Waals surface area contributed by atoms with Gasteiger partial charge >= 0.3 is 5.97 Å². The molecule has 1 aromatic heterocycles. The molecule has 2 rings (SSSR count). The number of carbonyl (C=O) groups is 1. The van der Waals surface area contributed by atoms with E-state index in [1.807, 2.05) is 0 Å². The fourth-order valence-corrected chi connectivity index (χ4v) is 1.83. The van der Waals surface area contributed by atoms with Crippen LogP contribution in [0, 0.1) is 5.82 Å². The van der Waals surface area contributed by atoms with E-state index in [9.17, 15) is 9.18 Å². The van der Waals surface area contributed by atoms with Gasteiger partial charge in [-0.25, -0.2) is 14.2 Å². The van der Waals surface area contributed by atoms with Gasteiger partial charge in [0.25, 0.3) is 0 Å². The molecule has 1 aromatic carbocycles. The molecule has 0 saturated heterocycles. The molecule has 5 nitrogen and oxygen atoms in total. The Bertz CT molecular complexity index is 649. The fraction of sp³-hybridized carbons (Fsp3) is 0. The van der Waals surface area contributed by atoms with Gasteiger partial charge in [-0.05, 0) is 24.3 Å². The minimum atomic E-state index is -1.20. The molecule has 0 fully saturated rings. The highest BCUT2D eigenvalue weighted by Gasteiger charge is 2.14. The topological polar surface area (TPSA) is 88.2 Å². The smallest absolute Gasteiger partial charge is 0.339 e. The number of nitrogen functional groups attached to an aromatic ring is 1. The molecule has 0 aliphatic rings. The number of carboxylic acids is 1. The van der Waals surface area contributed by atoms with Gasteiger partial charge in [0.05, 0.1) is 17.6 Å². The SMILES string of the molecule is Nc1cnc(Nc2cc(Br)ccc2F)c(C(=O)O)c1. The van der Waals surface area contributed by atoms with Crippen LogP contribution in [0.1, 0.15) is 10.4 Å². The van der Waals surface area contributed by atoms with Crippen molar-refractivity contribution in [1.82, 2.24) is 4.98 Å². The highest BCUT2D eigenvalue weighted by atomic mass is 79.9. The highest BCUT2D eigenvalue weighted by Crippen LogP contribution is 2.25. The Labute approximate surface area is 116 Å². The van der Waals surface area contributed by atoms with Gasteiger partial charge in [-0.1, -0.05) is 15.9 Å². The molecule has 19 heavy (non-hydrogen) atoms. The summed E-state index contributed by atoms with van der Waals surface area (Å²) in [6.07, 6.45) is 1.30. The molecule has 4 N–H and O–H groups in total. The van der Waals surface area contributed by atoms with Gasteiger partial charge in [-0.15, -0.1) is 0 Å². The number of aromatic nitrogens is 1. The summed E-state index contributed by atoms with van der Waals surface area (Å²) in [5, 5.41) is 11.7. The quantitative estimate of drug-likeness (QED) is 0.807. The second-order valence-electron chi connectivity index (χ2n) is 3.72. The Morgan fingerprint density at radius 1 is 1.42 bits per heavy atom. The van der Waals surface area contributed by atoms with Crippen LogP contribution in [-0.4, -0.2) is 16.1 Å². The van der Waals surface area contributed by atoms with Crippen LogP contribution in [-0.2, 0) is 0 Å². The van der Waals surface area contributed by atoms with E-state index in [1.54, 1.807) is 0 Å². The lowest BCUT2D eigenvalue weighted by molar-refractivity contribution is 0.0697. The van der Waals surface area contributed by atoms with E-state index in [2.05, 4.69) is 26.2 Å². The largest absolute Gasteiger partial charge is 0.478 e. The number of aromatic carboxylic acids is 1. The van der Waals surface area contributed by atoms with Crippen molar-refractivity contribution in [2.24, 2.45) is 0 Å². The molecule has 0 atom stereocenters. The third-order valence-electron chi connectivity index (χ3n) is 2.32. The number of rotatable bonds is 3. The number of nitrogens with zero attached hydrogens (tertiary/aromatic N) is 1. The van der Waals surface area contributed by atoms with Crippen LogP contribution >= 0.6 is 15.9 Å². The van der Waals surface area contributed by atoms with Gasteiger partial charge in [0.15, 0.2) is 0 Å². The molecule has 0 radical (unpaired) electrons. The maximum atomic E-state index is 13.6. The molecule has 0 saturated carbocycles. The van der Waals surface area contributed by atoms with Crippen molar-refractivity contribution >= 4 is 39.1 Å².